The van der Waals surface area contributed by atoms with Crippen molar-refractivity contribution in [3.8, 4) is 0 Å². The largest absolute Gasteiger partial charge is 0.313 e. The van der Waals surface area contributed by atoms with Crippen molar-refractivity contribution in [1.82, 2.24) is 5.32 Å². The van der Waals surface area contributed by atoms with Gasteiger partial charge in [-0.15, -0.1) is 0 Å². The lowest BCUT2D eigenvalue weighted by molar-refractivity contribution is -0.114. The number of ketones is 1. The van der Waals surface area contributed by atoms with Gasteiger partial charge in [0.15, 0.2) is 5.78 Å². The highest BCUT2D eigenvalue weighted by Crippen LogP contribution is 2.31. The number of hydrogen-bond donors (Lipinski definition) is 1. The van der Waals surface area contributed by atoms with E-state index in [1.54, 1.807) is 0 Å². The molecule has 0 atom stereocenters. The topological polar surface area (TPSA) is 29.1 Å². The summed E-state index contributed by atoms with van der Waals surface area (Å²) in [6, 6.07) is 0. The van der Waals surface area contributed by atoms with E-state index in [4.69, 9.17) is 0 Å². The maximum atomic E-state index is 11.7. The molecule has 15 heavy (non-hydrogen) atoms. The first-order chi connectivity index (χ1) is 7.31. The Morgan fingerprint density at radius 1 is 1.40 bits per heavy atom. The van der Waals surface area contributed by atoms with Crippen molar-refractivity contribution in [2.45, 2.75) is 25.7 Å². The Kier molecular flexibility index (Phi) is 3.17. The van der Waals surface area contributed by atoms with Gasteiger partial charge in [0.25, 0.3) is 0 Å². The highest BCUT2D eigenvalue weighted by molar-refractivity contribution is 5.97. The van der Waals surface area contributed by atoms with Crippen LogP contribution in [0.15, 0.2) is 34.9 Å². The number of carbonyl (C=O) groups excluding carboxylic acids is 1. The van der Waals surface area contributed by atoms with Crippen LogP contribution in [0.2, 0.25) is 0 Å². The molecule has 0 aromatic heterocycles. The van der Waals surface area contributed by atoms with Crippen LogP contribution < -0.4 is 5.32 Å². The van der Waals surface area contributed by atoms with Crippen LogP contribution >= 0.6 is 0 Å². The minimum atomic E-state index is 0.239. The zero-order valence-corrected chi connectivity index (χ0v) is 9.18. The molecule has 0 amide bonds. The van der Waals surface area contributed by atoms with E-state index >= 15 is 0 Å². The predicted molar refractivity (Wildman–Crippen MR) is 61.7 cm³/mol. The maximum Gasteiger partial charge on any atom is 0.172 e. The zero-order chi connectivity index (χ0) is 10.7. The van der Waals surface area contributed by atoms with Crippen LogP contribution in [0, 0.1) is 0 Å². The van der Waals surface area contributed by atoms with Crippen molar-refractivity contribution in [3.63, 3.8) is 0 Å². The molecule has 0 saturated carbocycles. The van der Waals surface area contributed by atoms with Crippen LogP contribution in [-0.4, -0.2) is 19.4 Å². The van der Waals surface area contributed by atoms with Gasteiger partial charge in [0.05, 0.1) is 6.54 Å². The van der Waals surface area contributed by atoms with Crippen molar-refractivity contribution in [2.75, 3.05) is 13.6 Å². The van der Waals surface area contributed by atoms with E-state index in [-0.39, 0.29) is 5.78 Å². The molecule has 0 aromatic carbocycles. The summed E-state index contributed by atoms with van der Waals surface area (Å²) in [5.41, 5.74) is 3.79. The SMILES string of the molecule is CNCC(=O)C1=CC2=C(CCC=C2)CC1. The molecule has 0 heterocycles. The van der Waals surface area contributed by atoms with Gasteiger partial charge < -0.3 is 5.32 Å². The molecule has 2 rings (SSSR count). The minimum absolute atomic E-state index is 0.239. The quantitative estimate of drug-likeness (QED) is 0.761. The number of carbonyl (C=O) groups is 1. The molecular formula is C13H17NO. The van der Waals surface area contributed by atoms with Crippen molar-refractivity contribution in [3.05, 3.63) is 34.9 Å². The van der Waals surface area contributed by atoms with Crippen LogP contribution in [-0.2, 0) is 4.79 Å². The monoisotopic (exact) mass is 203 g/mol. The molecule has 0 aliphatic heterocycles. The lowest BCUT2D eigenvalue weighted by Gasteiger charge is -2.20. The molecule has 2 nitrogen and oxygen atoms in total. The fraction of sp³-hybridized carbons (Fsp3) is 0.462. The normalized spacial score (nSPS) is 19.9. The van der Waals surface area contributed by atoms with E-state index in [1.807, 2.05) is 7.05 Å². The lowest BCUT2D eigenvalue weighted by Crippen LogP contribution is -2.21. The van der Waals surface area contributed by atoms with Crippen molar-refractivity contribution < 1.29 is 4.79 Å². The molecule has 2 heteroatoms. The number of Topliss-reactive ketones (excluding diaryl/α,β-unsaturated/α-hetero) is 1. The minimum Gasteiger partial charge on any atom is -0.313 e. The fourth-order valence-electron chi connectivity index (χ4n) is 2.19. The second-order valence-corrected chi connectivity index (χ2v) is 4.12. The smallest absolute Gasteiger partial charge is 0.172 e. The number of nitrogens with one attached hydrogen (secondary N) is 1. The highest BCUT2D eigenvalue weighted by atomic mass is 16.1. The first kappa shape index (κ1) is 10.4. The van der Waals surface area contributed by atoms with Gasteiger partial charge in [0.2, 0.25) is 0 Å². The van der Waals surface area contributed by atoms with Gasteiger partial charge in [-0.1, -0.05) is 17.7 Å². The maximum absolute atomic E-state index is 11.7. The Bertz CT molecular complexity index is 361. The van der Waals surface area contributed by atoms with E-state index in [9.17, 15) is 4.79 Å². The van der Waals surface area contributed by atoms with Gasteiger partial charge in [0.1, 0.15) is 0 Å². The molecule has 0 bridgehead atoms. The summed E-state index contributed by atoms with van der Waals surface area (Å²) in [7, 11) is 1.81. The number of allylic oxidation sites excluding steroid dienone is 5. The van der Waals surface area contributed by atoms with Gasteiger partial charge in [-0.05, 0) is 50.0 Å². The van der Waals surface area contributed by atoms with Gasteiger partial charge in [-0.2, -0.15) is 0 Å². The Morgan fingerprint density at radius 2 is 2.27 bits per heavy atom. The molecular weight excluding hydrogens is 186 g/mol. The summed E-state index contributed by atoms with van der Waals surface area (Å²) in [6.07, 6.45) is 10.8. The standard InChI is InChI=1S/C13H17NO/c1-14-9-13(15)12-7-6-10-4-2-3-5-11(10)8-12/h3,5,8,14H,2,4,6-7,9H2,1H3. The third-order valence-electron chi connectivity index (χ3n) is 3.04. The van der Waals surface area contributed by atoms with Crippen LogP contribution in [0.5, 0.6) is 0 Å². The molecule has 0 saturated heterocycles. The third kappa shape index (κ3) is 2.26. The molecule has 0 unspecified atom stereocenters. The molecule has 2 aliphatic carbocycles. The predicted octanol–water partition coefficient (Wildman–Crippen LogP) is 2.14. The van der Waals surface area contributed by atoms with Gasteiger partial charge in [-0.3, -0.25) is 4.79 Å². The number of rotatable bonds is 3. The second kappa shape index (κ2) is 4.58. The number of likely N-dealkylation sites (N-methyl/N-ethyl adjacent to an activating group) is 1. The van der Waals surface area contributed by atoms with Gasteiger partial charge in [-0.25, -0.2) is 0 Å². The van der Waals surface area contributed by atoms with Crippen molar-refractivity contribution in [1.29, 1.82) is 0 Å². The van der Waals surface area contributed by atoms with Crippen LogP contribution in [0.4, 0.5) is 0 Å². The van der Waals surface area contributed by atoms with E-state index in [0.717, 1.165) is 24.8 Å². The molecule has 0 spiro atoms. The molecule has 0 aromatic rings. The molecule has 2 aliphatic rings. The third-order valence-corrected chi connectivity index (χ3v) is 3.04. The summed E-state index contributed by atoms with van der Waals surface area (Å²) in [6.45, 7) is 0.457. The first-order valence-electron chi connectivity index (χ1n) is 5.58. The van der Waals surface area contributed by atoms with E-state index in [0.29, 0.717) is 6.54 Å². The lowest BCUT2D eigenvalue weighted by atomic mass is 9.85. The average molecular weight is 203 g/mol. The van der Waals surface area contributed by atoms with Crippen molar-refractivity contribution in [2.24, 2.45) is 0 Å². The summed E-state index contributed by atoms with van der Waals surface area (Å²) in [5, 5.41) is 2.91. The first-order valence-corrected chi connectivity index (χ1v) is 5.58. The van der Waals surface area contributed by atoms with Crippen LogP contribution in [0.25, 0.3) is 0 Å². The molecule has 80 valence electrons. The number of hydrogen-bond acceptors (Lipinski definition) is 2. The summed E-state index contributed by atoms with van der Waals surface area (Å²) < 4.78 is 0. The van der Waals surface area contributed by atoms with E-state index in [1.165, 1.54) is 17.6 Å². The molecule has 0 fully saturated rings. The average Bonchev–Trinajstić information content (AvgIpc) is 2.29. The Labute approximate surface area is 90.7 Å². The van der Waals surface area contributed by atoms with Crippen molar-refractivity contribution >= 4 is 5.78 Å². The summed E-state index contributed by atoms with van der Waals surface area (Å²) >= 11 is 0. The summed E-state index contributed by atoms with van der Waals surface area (Å²) in [4.78, 5) is 11.7. The Hall–Kier alpha value is -1.15. The fourth-order valence-corrected chi connectivity index (χ4v) is 2.19. The Balaban J connectivity index is 2.16. The Morgan fingerprint density at radius 3 is 3.07 bits per heavy atom. The molecule has 1 N–H and O–H groups in total. The molecule has 0 radical (unpaired) electrons. The van der Waals surface area contributed by atoms with Crippen LogP contribution in [0.3, 0.4) is 0 Å². The van der Waals surface area contributed by atoms with E-state index in [2.05, 4.69) is 23.5 Å². The van der Waals surface area contributed by atoms with Crippen LogP contribution in [0.1, 0.15) is 25.7 Å². The second-order valence-electron chi connectivity index (χ2n) is 4.12. The van der Waals surface area contributed by atoms with Gasteiger partial charge >= 0.3 is 0 Å². The zero-order valence-electron chi connectivity index (χ0n) is 9.18. The highest BCUT2D eigenvalue weighted by Gasteiger charge is 2.17. The summed E-state index contributed by atoms with van der Waals surface area (Å²) in [5.74, 6) is 0.239. The van der Waals surface area contributed by atoms with Gasteiger partial charge in [0, 0.05) is 0 Å². The van der Waals surface area contributed by atoms with E-state index < -0.39 is 0 Å².